The Balaban J connectivity index is 2.01. The molecule has 1 fully saturated rings. The minimum atomic E-state index is -3.09. The number of sulfonamides is 1. The Morgan fingerprint density at radius 2 is 2.30 bits per heavy atom. The Labute approximate surface area is 121 Å². The van der Waals surface area contributed by atoms with Gasteiger partial charge in [0.1, 0.15) is 0 Å². The first kappa shape index (κ1) is 15.4. The molecule has 0 amide bonds. The summed E-state index contributed by atoms with van der Waals surface area (Å²) in [6.07, 6.45) is 5.80. The van der Waals surface area contributed by atoms with E-state index in [1.807, 2.05) is 19.1 Å². The molecule has 0 aliphatic carbocycles. The van der Waals surface area contributed by atoms with Gasteiger partial charge in [0.2, 0.25) is 10.0 Å². The second-order valence-electron chi connectivity index (χ2n) is 5.65. The third-order valence-corrected chi connectivity index (χ3v) is 5.25. The maximum atomic E-state index is 11.6. The lowest BCUT2D eigenvalue weighted by atomic mass is 9.89. The zero-order valence-electron chi connectivity index (χ0n) is 12.1. The lowest BCUT2D eigenvalue weighted by molar-refractivity contribution is 0.247. The van der Waals surface area contributed by atoms with Gasteiger partial charge in [-0.05, 0) is 43.7 Å². The van der Waals surface area contributed by atoms with Crippen LogP contribution >= 0.6 is 0 Å². The summed E-state index contributed by atoms with van der Waals surface area (Å²) in [5.41, 5.74) is 8.29. The fraction of sp³-hybridized carbons (Fsp3) is 0.643. The van der Waals surface area contributed by atoms with Crippen LogP contribution in [0, 0.1) is 12.8 Å². The van der Waals surface area contributed by atoms with E-state index in [2.05, 4.69) is 4.98 Å². The molecule has 1 saturated heterocycles. The Kier molecular flexibility index (Phi) is 4.78. The number of nitrogens with zero attached hydrogens (tertiary/aromatic N) is 2. The van der Waals surface area contributed by atoms with Gasteiger partial charge >= 0.3 is 0 Å². The van der Waals surface area contributed by atoms with Crippen LogP contribution in [-0.4, -0.2) is 37.1 Å². The Morgan fingerprint density at radius 3 is 2.95 bits per heavy atom. The van der Waals surface area contributed by atoms with E-state index < -0.39 is 10.0 Å². The first-order chi connectivity index (χ1) is 9.38. The summed E-state index contributed by atoms with van der Waals surface area (Å²) in [4.78, 5) is 4.26. The van der Waals surface area contributed by atoms with E-state index in [9.17, 15) is 8.42 Å². The van der Waals surface area contributed by atoms with Gasteiger partial charge in [0, 0.05) is 31.0 Å². The molecule has 6 heteroatoms. The molecule has 0 saturated carbocycles. The molecule has 1 aromatic rings. The van der Waals surface area contributed by atoms with E-state index in [4.69, 9.17) is 5.73 Å². The van der Waals surface area contributed by atoms with E-state index in [1.54, 1.807) is 10.5 Å². The van der Waals surface area contributed by atoms with Crippen molar-refractivity contribution in [2.24, 2.45) is 11.7 Å². The van der Waals surface area contributed by atoms with Crippen LogP contribution in [0.3, 0.4) is 0 Å². The molecule has 0 bridgehead atoms. The highest BCUT2D eigenvalue weighted by molar-refractivity contribution is 7.88. The number of rotatable bonds is 4. The predicted octanol–water partition coefficient (Wildman–Crippen LogP) is 1.45. The van der Waals surface area contributed by atoms with Gasteiger partial charge < -0.3 is 5.73 Å². The highest BCUT2D eigenvalue weighted by atomic mass is 32.2. The van der Waals surface area contributed by atoms with Crippen LogP contribution < -0.4 is 5.73 Å². The molecule has 2 atom stereocenters. The van der Waals surface area contributed by atoms with Gasteiger partial charge in [0.05, 0.1) is 6.26 Å². The Hall–Kier alpha value is -0.980. The van der Waals surface area contributed by atoms with Crippen LogP contribution in [0.4, 0.5) is 0 Å². The average Bonchev–Trinajstić information content (AvgIpc) is 2.38. The highest BCUT2D eigenvalue weighted by Crippen LogP contribution is 2.27. The summed E-state index contributed by atoms with van der Waals surface area (Å²) < 4.78 is 24.8. The van der Waals surface area contributed by atoms with E-state index in [-0.39, 0.29) is 6.04 Å². The smallest absolute Gasteiger partial charge is 0.211 e. The number of aryl methyl sites for hydroxylation is 1. The molecule has 2 N–H and O–H groups in total. The molecule has 112 valence electrons. The molecule has 1 aromatic heterocycles. The van der Waals surface area contributed by atoms with Crippen molar-refractivity contribution < 1.29 is 8.42 Å². The van der Waals surface area contributed by atoms with Crippen molar-refractivity contribution in [3.05, 3.63) is 29.6 Å². The van der Waals surface area contributed by atoms with E-state index in [1.165, 1.54) is 6.26 Å². The lowest BCUT2D eigenvalue weighted by Crippen LogP contribution is -2.40. The van der Waals surface area contributed by atoms with Crippen molar-refractivity contribution in [3.63, 3.8) is 0 Å². The molecule has 1 aliphatic rings. The molecule has 0 spiro atoms. The van der Waals surface area contributed by atoms with Gasteiger partial charge in [-0.15, -0.1) is 0 Å². The summed E-state index contributed by atoms with van der Waals surface area (Å²) in [6.45, 7) is 3.18. The van der Waals surface area contributed by atoms with Gasteiger partial charge in [-0.1, -0.05) is 6.07 Å². The molecule has 2 heterocycles. The SMILES string of the molecule is Cc1ncccc1C(N)CC1CCCN(S(C)(=O)=O)C1. The van der Waals surface area contributed by atoms with Crippen LogP contribution in [0.15, 0.2) is 18.3 Å². The third-order valence-electron chi connectivity index (χ3n) is 3.99. The number of aromatic nitrogens is 1. The van der Waals surface area contributed by atoms with Crippen molar-refractivity contribution in [3.8, 4) is 0 Å². The number of piperidine rings is 1. The van der Waals surface area contributed by atoms with E-state index >= 15 is 0 Å². The molecule has 5 nitrogen and oxygen atoms in total. The first-order valence-electron chi connectivity index (χ1n) is 7.00. The number of hydrogen-bond acceptors (Lipinski definition) is 4. The van der Waals surface area contributed by atoms with Crippen LogP contribution in [0.25, 0.3) is 0 Å². The van der Waals surface area contributed by atoms with Gasteiger partial charge in [0.25, 0.3) is 0 Å². The monoisotopic (exact) mass is 297 g/mol. The maximum Gasteiger partial charge on any atom is 0.211 e. The van der Waals surface area contributed by atoms with Gasteiger partial charge in [-0.2, -0.15) is 0 Å². The highest BCUT2D eigenvalue weighted by Gasteiger charge is 2.27. The van der Waals surface area contributed by atoms with Gasteiger partial charge in [0.15, 0.2) is 0 Å². The fourth-order valence-electron chi connectivity index (χ4n) is 2.90. The van der Waals surface area contributed by atoms with E-state index in [0.29, 0.717) is 19.0 Å². The predicted molar refractivity (Wildman–Crippen MR) is 79.7 cm³/mol. The second kappa shape index (κ2) is 6.20. The zero-order valence-corrected chi connectivity index (χ0v) is 12.9. The number of hydrogen-bond donors (Lipinski definition) is 1. The molecular formula is C14H23N3O2S. The van der Waals surface area contributed by atoms with Crippen LogP contribution in [0.1, 0.15) is 36.6 Å². The maximum absolute atomic E-state index is 11.6. The van der Waals surface area contributed by atoms with Crippen molar-refractivity contribution in [1.29, 1.82) is 0 Å². The third kappa shape index (κ3) is 3.77. The molecule has 0 aromatic carbocycles. The molecular weight excluding hydrogens is 274 g/mol. The number of nitrogens with two attached hydrogens (primary N) is 1. The summed E-state index contributed by atoms with van der Waals surface area (Å²) in [5.74, 6) is 0.327. The summed E-state index contributed by atoms with van der Waals surface area (Å²) in [7, 11) is -3.09. The van der Waals surface area contributed by atoms with Crippen molar-refractivity contribution in [1.82, 2.24) is 9.29 Å². The molecule has 2 rings (SSSR count). The number of pyridine rings is 1. The summed E-state index contributed by atoms with van der Waals surface area (Å²) in [5, 5.41) is 0. The quantitative estimate of drug-likeness (QED) is 0.912. The fourth-order valence-corrected chi connectivity index (χ4v) is 3.84. The lowest BCUT2D eigenvalue weighted by Gasteiger charge is -2.32. The largest absolute Gasteiger partial charge is 0.324 e. The van der Waals surface area contributed by atoms with Crippen molar-refractivity contribution >= 4 is 10.0 Å². The topological polar surface area (TPSA) is 76.3 Å². The van der Waals surface area contributed by atoms with Gasteiger partial charge in [-0.25, -0.2) is 12.7 Å². The summed E-state index contributed by atoms with van der Waals surface area (Å²) in [6, 6.07) is 3.82. The average molecular weight is 297 g/mol. The summed E-state index contributed by atoms with van der Waals surface area (Å²) >= 11 is 0. The Morgan fingerprint density at radius 1 is 1.55 bits per heavy atom. The minimum Gasteiger partial charge on any atom is -0.324 e. The van der Waals surface area contributed by atoms with Gasteiger partial charge in [-0.3, -0.25) is 4.98 Å². The zero-order chi connectivity index (χ0) is 14.8. The molecule has 2 unspecified atom stereocenters. The normalized spacial score (nSPS) is 22.6. The van der Waals surface area contributed by atoms with E-state index in [0.717, 1.165) is 30.5 Å². The molecule has 0 radical (unpaired) electrons. The molecule has 20 heavy (non-hydrogen) atoms. The van der Waals surface area contributed by atoms with Crippen molar-refractivity contribution in [2.45, 2.75) is 32.2 Å². The van der Waals surface area contributed by atoms with Crippen LogP contribution in [0.5, 0.6) is 0 Å². The minimum absolute atomic E-state index is 0.0757. The Bertz CT molecular complexity index is 559. The first-order valence-corrected chi connectivity index (χ1v) is 8.85. The standard InChI is InChI=1S/C14H23N3O2S/c1-11-13(6-3-7-16-11)14(15)9-12-5-4-8-17(10-12)20(2,18)19/h3,6-7,12,14H,4-5,8-10,15H2,1-2H3. The molecule has 1 aliphatic heterocycles. The second-order valence-corrected chi connectivity index (χ2v) is 7.63. The van der Waals surface area contributed by atoms with Crippen LogP contribution in [0.2, 0.25) is 0 Å². The van der Waals surface area contributed by atoms with Crippen molar-refractivity contribution in [2.75, 3.05) is 19.3 Å². The van der Waals surface area contributed by atoms with Crippen LogP contribution in [-0.2, 0) is 10.0 Å².